The third kappa shape index (κ3) is 3.77. The highest BCUT2D eigenvalue weighted by Crippen LogP contribution is 2.32. The fraction of sp³-hybridized carbons (Fsp3) is 0.400. The van der Waals surface area contributed by atoms with E-state index in [2.05, 4.69) is 0 Å². The lowest BCUT2D eigenvalue weighted by atomic mass is 9.88. The Bertz CT molecular complexity index is 914. The SMILES string of the molecule is CCC1CCCn2c1c(C(=O)O)cc(Cc1ccc(C(F)(F)F)cc1)c2=O. The predicted octanol–water partition coefficient (Wildman–Crippen LogP) is 4.44. The van der Waals surface area contributed by atoms with Gasteiger partial charge in [0.15, 0.2) is 0 Å². The molecule has 1 aromatic heterocycles. The molecule has 144 valence electrons. The average molecular weight is 379 g/mol. The van der Waals surface area contributed by atoms with Crippen LogP contribution in [0.1, 0.15) is 64.8 Å². The van der Waals surface area contributed by atoms with Crippen molar-refractivity contribution in [2.45, 2.75) is 51.2 Å². The molecule has 2 aromatic rings. The van der Waals surface area contributed by atoms with Gasteiger partial charge in [-0.15, -0.1) is 0 Å². The Morgan fingerprint density at radius 1 is 1.26 bits per heavy atom. The minimum absolute atomic E-state index is 0.0256. The Labute approximate surface area is 154 Å². The molecule has 1 aliphatic heterocycles. The second-order valence-electron chi connectivity index (χ2n) is 6.85. The van der Waals surface area contributed by atoms with Crippen molar-refractivity contribution in [3.63, 3.8) is 0 Å². The Morgan fingerprint density at radius 2 is 1.93 bits per heavy atom. The van der Waals surface area contributed by atoms with Gasteiger partial charge in [0.1, 0.15) is 0 Å². The van der Waals surface area contributed by atoms with Crippen molar-refractivity contribution >= 4 is 5.97 Å². The lowest BCUT2D eigenvalue weighted by Crippen LogP contribution is -2.33. The molecular formula is C20H20F3NO3. The number of fused-ring (bicyclic) bond motifs is 1. The monoisotopic (exact) mass is 379 g/mol. The van der Waals surface area contributed by atoms with Crippen LogP contribution in [0.25, 0.3) is 0 Å². The number of carboxylic acids is 1. The standard InChI is InChI=1S/C20H20F3NO3/c1-2-13-4-3-9-24-17(13)16(19(26)27)11-14(18(24)25)10-12-5-7-15(8-6-12)20(21,22)23/h5-8,11,13H,2-4,9-10H2,1H3,(H,26,27). The molecular weight excluding hydrogens is 359 g/mol. The van der Waals surface area contributed by atoms with E-state index in [9.17, 15) is 27.9 Å². The molecule has 1 aromatic carbocycles. The highest BCUT2D eigenvalue weighted by atomic mass is 19.4. The van der Waals surface area contributed by atoms with Crippen LogP contribution in [0.4, 0.5) is 13.2 Å². The van der Waals surface area contributed by atoms with Gasteiger partial charge in [-0.2, -0.15) is 13.2 Å². The Kier molecular flexibility index (Phi) is 5.13. The first-order valence-electron chi connectivity index (χ1n) is 8.88. The van der Waals surface area contributed by atoms with E-state index in [4.69, 9.17) is 0 Å². The number of carbonyl (C=O) groups is 1. The van der Waals surface area contributed by atoms with Crippen LogP contribution in [0, 0.1) is 0 Å². The first-order chi connectivity index (χ1) is 12.7. The van der Waals surface area contributed by atoms with E-state index in [0.717, 1.165) is 31.4 Å². The summed E-state index contributed by atoms with van der Waals surface area (Å²) < 4.78 is 39.6. The molecule has 1 atom stereocenters. The van der Waals surface area contributed by atoms with E-state index < -0.39 is 17.7 Å². The molecule has 2 heterocycles. The van der Waals surface area contributed by atoms with Crippen molar-refractivity contribution in [1.82, 2.24) is 4.57 Å². The van der Waals surface area contributed by atoms with E-state index in [0.29, 0.717) is 17.8 Å². The van der Waals surface area contributed by atoms with Crippen molar-refractivity contribution in [3.05, 3.63) is 68.6 Å². The quantitative estimate of drug-likeness (QED) is 0.854. The zero-order valence-corrected chi connectivity index (χ0v) is 14.8. The lowest BCUT2D eigenvalue weighted by Gasteiger charge is -2.28. The van der Waals surface area contributed by atoms with Crippen molar-refractivity contribution in [2.24, 2.45) is 0 Å². The van der Waals surface area contributed by atoms with Gasteiger partial charge in [0.05, 0.1) is 11.1 Å². The molecule has 0 saturated heterocycles. The zero-order chi connectivity index (χ0) is 19.8. The molecule has 0 fully saturated rings. The van der Waals surface area contributed by atoms with Crippen LogP contribution >= 0.6 is 0 Å². The van der Waals surface area contributed by atoms with Crippen LogP contribution in [0.5, 0.6) is 0 Å². The molecule has 3 rings (SSSR count). The normalized spacial score (nSPS) is 16.8. The Morgan fingerprint density at radius 3 is 2.48 bits per heavy atom. The van der Waals surface area contributed by atoms with E-state index >= 15 is 0 Å². The van der Waals surface area contributed by atoms with Gasteiger partial charge in [0.25, 0.3) is 5.56 Å². The van der Waals surface area contributed by atoms with Crippen LogP contribution in [0.2, 0.25) is 0 Å². The number of aromatic nitrogens is 1. The van der Waals surface area contributed by atoms with Crippen LogP contribution in [0.3, 0.4) is 0 Å². The number of aromatic carboxylic acids is 1. The van der Waals surface area contributed by atoms with Gasteiger partial charge in [-0.25, -0.2) is 4.79 Å². The summed E-state index contributed by atoms with van der Waals surface area (Å²) >= 11 is 0. The number of hydrogen-bond acceptors (Lipinski definition) is 2. The number of benzene rings is 1. The van der Waals surface area contributed by atoms with Gasteiger partial charge in [0, 0.05) is 24.2 Å². The number of halogens is 3. The number of pyridine rings is 1. The fourth-order valence-electron chi connectivity index (χ4n) is 3.76. The van der Waals surface area contributed by atoms with Crippen molar-refractivity contribution in [3.8, 4) is 0 Å². The molecule has 0 radical (unpaired) electrons. The van der Waals surface area contributed by atoms with Crippen molar-refractivity contribution < 1.29 is 23.1 Å². The van der Waals surface area contributed by atoms with Crippen molar-refractivity contribution in [1.29, 1.82) is 0 Å². The topological polar surface area (TPSA) is 59.3 Å². The van der Waals surface area contributed by atoms with Gasteiger partial charge in [-0.05, 0) is 48.9 Å². The third-order valence-electron chi connectivity index (χ3n) is 5.13. The van der Waals surface area contributed by atoms with Gasteiger partial charge >= 0.3 is 12.1 Å². The molecule has 0 bridgehead atoms. The number of rotatable bonds is 4. The molecule has 1 N–H and O–H groups in total. The van der Waals surface area contributed by atoms with E-state index in [-0.39, 0.29) is 29.0 Å². The highest BCUT2D eigenvalue weighted by Gasteiger charge is 2.30. The van der Waals surface area contributed by atoms with Gasteiger partial charge < -0.3 is 9.67 Å². The average Bonchev–Trinajstić information content (AvgIpc) is 2.63. The summed E-state index contributed by atoms with van der Waals surface area (Å²) in [5.74, 6) is -1.06. The lowest BCUT2D eigenvalue weighted by molar-refractivity contribution is -0.137. The largest absolute Gasteiger partial charge is 0.478 e. The third-order valence-corrected chi connectivity index (χ3v) is 5.13. The summed E-state index contributed by atoms with van der Waals surface area (Å²) in [6.45, 7) is 2.43. The zero-order valence-electron chi connectivity index (χ0n) is 14.8. The second kappa shape index (κ2) is 7.21. The summed E-state index contributed by atoms with van der Waals surface area (Å²) in [7, 11) is 0. The number of alkyl halides is 3. The van der Waals surface area contributed by atoms with E-state index in [1.165, 1.54) is 18.2 Å². The molecule has 0 amide bonds. The van der Waals surface area contributed by atoms with Gasteiger partial charge in [0.2, 0.25) is 0 Å². The first-order valence-corrected chi connectivity index (χ1v) is 8.88. The minimum atomic E-state index is -4.42. The molecule has 1 aliphatic rings. The fourth-order valence-corrected chi connectivity index (χ4v) is 3.76. The summed E-state index contributed by atoms with van der Waals surface area (Å²) in [6, 6.07) is 5.97. The van der Waals surface area contributed by atoms with Crippen LogP contribution in [0.15, 0.2) is 35.1 Å². The van der Waals surface area contributed by atoms with E-state index in [1.807, 2.05) is 6.92 Å². The molecule has 0 spiro atoms. The van der Waals surface area contributed by atoms with Crippen LogP contribution in [-0.4, -0.2) is 15.6 Å². The summed E-state index contributed by atoms with van der Waals surface area (Å²) in [5, 5.41) is 9.62. The Balaban J connectivity index is 2.03. The molecule has 4 nitrogen and oxygen atoms in total. The summed E-state index contributed by atoms with van der Waals surface area (Å²) in [5.41, 5.74) is 0.478. The number of hydrogen-bond donors (Lipinski definition) is 1. The van der Waals surface area contributed by atoms with Crippen LogP contribution < -0.4 is 5.56 Å². The van der Waals surface area contributed by atoms with Gasteiger partial charge in [-0.1, -0.05) is 19.1 Å². The van der Waals surface area contributed by atoms with Crippen molar-refractivity contribution in [2.75, 3.05) is 0 Å². The molecule has 27 heavy (non-hydrogen) atoms. The maximum atomic E-state index is 12.9. The Hall–Kier alpha value is -2.57. The first kappa shape index (κ1) is 19.2. The number of nitrogens with zero attached hydrogens (tertiary/aromatic N) is 1. The molecule has 0 saturated carbocycles. The maximum absolute atomic E-state index is 12.9. The summed E-state index contributed by atoms with van der Waals surface area (Å²) in [4.78, 5) is 24.6. The molecule has 1 unspecified atom stereocenters. The maximum Gasteiger partial charge on any atom is 0.416 e. The smallest absolute Gasteiger partial charge is 0.416 e. The molecule has 0 aliphatic carbocycles. The second-order valence-corrected chi connectivity index (χ2v) is 6.85. The number of carboxylic acid groups (broad SMARTS) is 1. The minimum Gasteiger partial charge on any atom is -0.478 e. The highest BCUT2D eigenvalue weighted by molar-refractivity contribution is 5.89. The van der Waals surface area contributed by atoms with Crippen LogP contribution in [-0.2, 0) is 19.1 Å². The molecule has 7 heteroatoms. The summed E-state index contributed by atoms with van der Waals surface area (Å²) in [6.07, 6.45) is -1.94. The van der Waals surface area contributed by atoms with Gasteiger partial charge in [-0.3, -0.25) is 4.79 Å². The van der Waals surface area contributed by atoms with E-state index in [1.54, 1.807) is 4.57 Å². The predicted molar refractivity (Wildman–Crippen MR) is 94.2 cm³/mol.